The number of aromatic carboxylic acids is 1. The molecule has 0 spiro atoms. The Kier molecular flexibility index (Phi) is 7.02. The van der Waals surface area contributed by atoms with Gasteiger partial charge in [-0.15, -0.1) is 0 Å². The zero-order chi connectivity index (χ0) is 21.8. The van der Waals surface area contributed by atoms with Crippen LogP contribution in [0.15, 0.2) is 47.5 Å². The summed E-state index contributed by atoms with van der Waals surface area (Å²) in [5.74, 6) is -2.10. The average molecular weight is 465 g/mol. The lowest BCUT2D eigenvalue weighted by molar-refractivity contribution is -0.255. The van der Waals surface area contributed by atoms with Crippen molar-refractivity contribution in [1.82, 2.24) is 0 Å². The van der Waals surface area contributed by atoms with E-state index >= 15 is 0 Å². The van der Waals surface area contributed by atoms with Crippen molar-refractivity contribution in [2.45, 2.75) is 18.6 Å². The number of amidine groups is 1. The van der Waals surface area contributed by atoms with Crippen LogP contribution in [0.5, 0.6) is 0 Å². The lowest BCUT2D eigenvalue weighted by atomic mass is 10.2. The van der Waals surface area contributed by atoms with Gasteiger partial charge in [-0.2, -0.15) is 0 Å². The van der Waals surface area contributed by atoms with E-state index in [1.54, 1.807) is 18.2 Å². The van der Waals surface area contributed by atoms with Gasteiger partial charge in [-0.25, -0.2) is 4.90 Å². The van der Waals surface area contributed by atoms with Crippen molar-refractivity contribution in [2.75, 3.05) is 16.8 Å². The van der Waals surface area contributed by atoms with Gasteiger partial charge in [-0.3, -0.25) is 14.6 Å². The number of rotatable bonds is 5. The summed E-state index contributed by atoms with van der Waals surface area (Å²) in [6, 6.07) is 10.4. The topological polar surface area (TPSA) is 102 Å². The number of hydrogen-bond donors (Lipinski definition) is 1. The van der Waals surface area contributed by atoms with E-state index in [1.165, 1.54) is 24.3 Å². The fourth-order valence-corrected chi connectivity index (χ4v) is 4.18. The number of hydrogen-bond acceptors (Lipinski definition) is 6. The number of carboxylic acid groups (broad SMARTS) is 1. The second kappa shape index (κ2) is 9.51. The van der Waals surface area contributed by atoms with E-state index in [4.69, 9.17) is 23.2 Å². The van der Waals surface area contributed by atoms with E-state index in [-0.39, 0.29) is 17.9 Å². The molecule has 2 aromatic carbocycles. The Morgan fingerprint density at radius 2 is 1.90 bits per heavy atom. The lowest BCUT2D eigenvalue weighted by Crippen LogP contribution is -2.32. The number of carboxylic acids is 1. The Hall–Kier alpha value is -2.55. The number of nitrogens with one attached hydrogen (secondary N) is 1. The van der Waals surface area contributed by atoms with E-state index in [1.807, 2.05) is 6.92 Å². The molecule has 7 nitrogen and oxygen atoms in total. The van der Waals surface area contributed by atoms with Gasteiger partial charge in [-0.1, -0.05) is 47.1 Å². The number of amides is 2. The van der Waals surface area contributed by atoms with Crippen LogP contribution in [0.25, 0.3) is 0 Å². The highest BCUT2D eigenvalue weighted by Crippen LogP contribution is 2.32. The summed E-state index contributed by atoms with van der Waals surface area (Å²) < 4.78 is 0. The number of halogens is 2. The van der Waals surface area contributed by atoms with Gasteiger partial charge in [0.25, 0.3) is 0 Å². The molecule has 0 radical (unpaired) electrons. The summed E-state index contributed by atoms with van der Waals surface area (Å²) >= 11 is 13.1. The molecule has 3 rings (SSSR count). The normalized spacial score (nSPS) is 16.8. The summed E-state index contributed by atoms with van der Waals surface area (Å²) in [4.78, 5) is 41.6. The molecular weight excluding hydrogens is 449 g/mol. The highest BCUT2D eigenvalue weighted by Gasteiger charge is 2.40. The summed E-state index contributed by atoms with van der Waals surface area (Å²) in [5, 5.41) is 14.6. The van der Waals surface area contributed by atoms with Gasteiger partial charge in [0.15, 0.2) is 5.17 Å². The van der Waals surface area contributed by atoms with Crippen molar-refractivity contribution in [1.29, 1.82) is 0 Å². The maximum Gasteiger partial charge on any atom is 0.247 e. The van der Waals surface area contributed by atoms with E-state index in [0.29, 0.717) is 33.1 Å². The summed E-state index contributed by atoms with van der Waals surface area (Å²) in [6.07, 6.45) is -0.00245. The molecule has 1 aliphatic heterocycles. The van der Waals surface area contributed by atoms with Gasteiger partial charge in [-0.05, 0) is 42.8 Å². The highest BCUT2D eigenvalue weighted by molar-refractivity contribution is 8.15. The molecule has 30 heavy (non-hydrogen) atoms. The molecule has 0 saturated carbocycles. The molecule has 1 N–H and O–H groups in total. The second-order valence-corrected chi connectivity index (χ2v) is 8.25. The molecule has 1 aliphatic rings. The number of imide groups is 1. The van der Waals surface area contributed by atoms with Crippen LogP contribution >= 0.6 is 35.0 Å². The van der Waals surface area contributed by atoms with Crippen molar-refractivity contribution in [3.05, 3.63) is 58.1 Å². The minimum atomic E-state index is -1.33. The first-order valence-electron chi connectivity index (χ1n) is 8.91. The van der Waals surface area contributed by atoms with Gasteiger partial charge in [0.2, 0.25) is 11.8 Å². The number of carbonyl (C=O) groups excluding carboxylic acids is 3. The van der Waals surface area contributed by atoms with Crippen molar-refractivity contribution < 1.29 is 19.5 Å². The van der Waals surface area contributed by atoms with Crippen LogP contribution in [-0.4, -0.2) is 34.7 Å². The highest BCUT2D eigenvalue weighted by atomic mass is 35.5. The van der Waals surface area contributed by atoms with Crippen LogP contribution in [0, 0.1) is 0 Å². The molecule has 0 aliphatic carbocycles. The quantitative estimate of drug-likeness (QED) is 0.414. The maximum absolute atomic E-state index is 12.9. The number of aliphatic imine (C=N–C) groups is 1. The van der Waals surface area contributed by atoms with Crippen LogP contribution in [-0.2, 0) is 9.59 Å². The summed E-state index contributed by atoms with van der Waals surface area (Å²) in [5.41, 5.74) is 0.923. The molecule has 1 heterocycles. The van der Waals surface area contributed by atoms with Crippen LogP contribution in [0.4, 0.5) is 11.4 Å². The fourth-order valence-electron chi connectivity index (χ4n) is 2.80. The largest absolute Gasteiger partial charge is 0.545 e. The summed E-state index contributed by atoms with van der Waals surface area (Å²) in [7, 11) is 0. The van der Waals surface area contributed by atoms with Crippen molar-refractivity contribution in [3.63, 3.8) is 0 Å². The molecule has 10 heteroatoms. The van der Waals surface area contributed by atoms with E-state index in [9.17, 15) is 19.5 Å². The predicted octanol–water partition coefficient (Wildman–Crippen LogP) is 3.21. The third-order valence-corrected chi connectivity index (χ3v) is 6.04. The van der Waals surface area contributed by atoms with Crippen LogP contribution in [0.1, 0.15) is 23.7 Å². The third-order valence-electron chi connectivity index (χ3n) is 4.19. The predicted molar refractivity (Wildman–Crippen MR) is 117 cm³/mol. The first-order chi connectivity index (χ1) is 14.3. The summed E-state index contributed by atoms with van der Waals surface area (Å²) in [6.45, 7) is 2.32. The fraction of sp³-hybridized carbons (Fsp3) is 0.200. The standard InChI is InChI=1S/C20H17Cl2N3O4S/c1-2-23-20(24-12-5-8-14(21)15(22)9-12)30-16-10-17(26)25(18(16)27)13-6-3-11(4-7-13)19(28)29/h3-9,16H,2,10H2,1H3,(H,23,24)(H,28,29)/p-1/t16-/m0/s1. The van der Waals surface area contributed by atoms with Gasteiger partial charge in [0.05, 0.1) is 21.7 Å². The SMILES string of the molecule is CCN=C(Nc1ccc(Cl)c(Cl)c1)S[C@H]1CC(=O)N(c2ccc(C(=O)[O-])cc2)C1=O. The molecule has 0 unspecified atom stereocenters. The maximum atomic E-state index is 12.9. The van der Waals surface area contributed by atoms with Gasteiger partial charge in [0.1, 0.15) is 5.25 Å². The van der Waals surface area contributed by atoms with Gasteiger partial charge < -0.3 is 15.2 Å². The first kappa shape index (κ1) is 22.1. The molecule has 1 fully saturated rings. The Morgan fingerprint density at radius 1 is 1.20 bits per heavy atom. The average Bonchev–Trinajstić information content (AvgIpc) is 2.98. The van der Waals surface area contributed by atoms with E-state index < -0.39 is 17.1 Å². The molecule has 2 aromatic rings. The minimum absolute atomic E-state index is 0.00245. The molecule has 2 amide bonds. The number of carbonyl (C=O) groups is 3. The zero-order valence-electron chi connectivity index (χ0n) is 15.7. The van der Waals surface area contributed by atoms with Gasteiger partial charge in [0, 0.05) is 18.7 Å². The van der Waals surface area contributed by atoms with E-state index in [2.05, 4.69) is 10.3 Å². The molecule has 1 atom stereocenters. The van der Waals surface area contributed by atoms with Crippen LogP contribution in [0.2, 0.25) is 10.0 Å². The van der Waals surface area contributed by atoms with Crippen molar-refractivity contribution >= 4 is 69.3 Å². The number of anilines is 2. The Bertz CT molecular complexity index is 1030. The van der Waals surface area contributed by atoms with Crippen molar-refractivity contribution in [2.24, 2.45) is 4.99 Å². The molecule has 1 saturated heterocycles. The number of nitrogens with zero attached hydrogens (tertiary/aromatic N) is 2. The monoisotopic (exact) mass is 464 g/mol. The molecule has 0 bridgehead atoms. The first-order valence-corrected chi connectivity index (χ1v) is 10.5. The Morgan fingerprint density at radius 3 is 2.50 bits per heavy atom. The number of benzene rings is 2. The minimum Gasteiger partial charge on any atom is -0.545 e. The Labute approximate surface area is 187 Å². The molecule has 156 valence electrons. The van der Waals surface area contributed by atoms with Crippen LogP contribution in [0.3, 0.4) is 0 Å². The van der Waals surface area contributed by atoms with E-state index in [0.717, 1.165) is 16.7 Å². The zero-order valence-corrected chi connectivity index (χ0v) is 18.1. The molecule has 0 aromatic heterocycles. The second-order valence-electron chi connectivity index (χ2n) is 6.25. The lowest BCUT2D eigenvalue weighted by Gasteiger charge is -2.16. The third kappa shape index (κ3) is 4.95. The molecular formula is C20H16Cl2N3O4S-. The smallest absolute Gasteiger partial charge is 0.247 e. The van der Waals surface area contributed by atoms with Crippen molar-refractivity contribution in [3.8, 4) is 0 Å². The Balaban J connectivity index is 1.75. The van der Waals surface area contributed by atoms with Gasteiger partial charge >= 0.3 is 0 Å². The van der Waals surface area contributed by atoms with Crippen LogP contribution < -0.4 is 15.3 Å². The number of thioether (sulfide) groups is 1.